The van der Waals surface area contributed by atoms with E-state index in [0.29, 0.717) is 6.20 Å². The summed E-state index contributed by atoms with van der Waals surface area (Å²) in [6.45, 7) is 0. The van der Waals surface area contributed by atoms with Crippen LogP contribution in [0.1, 0.15) is 12.0 Å². The topological polar surface area (TPSA) is 65.3 Å². The highest BCUT2D eigenvalue weighted by atomic mass is 19.3. The third kappa shape index (κ3) is 1.97. The average molecular weight is 222 g/mol. The van der Waals surface area contributed by atoms with Crippen LogP contribution in [0.2, 0.25) is 0 Å². The largest absolute Gasteiger partial charge is 0.490 e. The molecule has 0 aliphatic heterocycles. The number of hydrogen-bond acceptors (Lipinski definition) is 4. The molecule has 0 aliphatic carbocycles. The molecule has 0 bridgehead atoms. The van der Waals surface area contributed by atoms with Gasteiger partial charge in [0, 0.05) is 0 Å². The van der Waals surface area contributed by atoms with Crippen LogP contribution < -0.4 is 4.74 Å². The van der Waals surface area contributed by atoms with Crippen molar-refractivity contribution < 1.29 is 22.8 Å². The fraction of sp³-hybridized carbons (Fsp3) is 0.286. The van der Waals surface area contributed by atoms with Crippen LogP contribution in [0.3, 0.4) is 0 Å². The molecule has 0 N–H and O–H groups in total. The zero-order valence-corrected chi connectivity index (χ0v) is 7.41. The summed E-state index contributed by atoms with van der Waals surface area (Å²) in [5, 5.41) is 10.3. The minimum atomic E-state index is -3.33. The molecule has 0 aliphatic rings. The minimum Gasteiger partial charge on any atom is -0.490 e. The van der Waals surface area contributed by atoms with Crippen LogP contribution in [0, 0.1) is 15.9 Å². The fourth-order valence-corrected chi connectivity index (χ4v) is 0.958. The molecular formula is C7H5F3N2O3. The molecular weight excluding hydrogens is 217 g/mol. The Morgan fingerprint density at radius 2 is 2.20 bits per heavy atom. The molecule has 0 saturated heterocycles. The standard InChI is InChI=1S/C7H5F3N2O3/c1-15-3-2-11-7(12(13)14)4(5(3)8)6(9)10/h2,6H,1H3. The van der Waals surface area contributed by atoms with Crippen LogP contribution in [-0.2, 0) is 0 Å². The number of hydrogen-bond donors (Lipinski definition) is 0. The molecule has 0 radical (unpaired) electrons. The van der Waals surface area contributed by atoms with Crippen LogP contribution in [0.25, 0.3) is 0 Å². The lowest BCUT2D eigenvalue weighted by molar-refractivity contribution is -0.391. The molecule has 0 aromatic carbocycles. The van der Waals surface area contributed by atoms with E-state index >= 15 is 0 Å². The molecule has 1 aromatic heterocycles. The zero-order valence-electron chi connectivity index (χ0n) is 7.41. The molecule has 1 heterocycles. The average Bonchev–Trinajstić information content (AvgIpc) is 2.16. The van der Waals surface area contributed by atoms with Crippen LogP contribution in [0.5, 0.6) is 5.75 Å². The summed E-state index contributed by atoms with van der Waals surface area (Å²) in [6.07, 6.45) is -2.65. The van der Waals surface area contributed by atoms with Crippen LogP contribution >= 0.6 is 0 Å². The van der Waals surface area contributed by atoms with Gasteiger partial charge in [0.1, 0.15) is 0 Å². The second-order valence-corrected chi connectivity index (χ2v) is 2.44. The molecule has 0 atom stereocenters. The van der Waals surface area contributed by atoms with Gasteiger partial charge < -0.3 is 14.9 Å². The van der Waals surface area contributed by atoms with E-state index in [1.54, 1.807) is 0 Å². The summed E-state index contributed by atoms with van der Waals surface area (Å²) in [4.78, 5) is 12.2. The Bertz CT molecular complexity index is 397. The monoisotopic (exact) mass is 222 g/mol. The van der Waals surface area contributed by atoms with E-state index in [1.165, 1.54) is 0 Å². The highest BCUT2D eigenvalue weighted by molar-refractivity contribution is 5.40. The maximum absolute atomic E-state index is 13.2. The lowest BCUT2D eigenvalue weighted by atomic mass is 10.2. The van der Waals surface area contributed by atoms with Crippen LogP contribution in [0.15, 0.2) is 6.20 Å². The van der Waals surface area contributed by atoms with E-state index in [-0.39, 0.29) is 0 Å². The van der Waals surface area contributed by atoms with E-state index in [9.17, 15) is 23.3 Å². The van der Waals surface area contributed by atoms with Gasteiger partial charge in [-0.3, -0.25) is 0 Å². The quantitative estimate of drug-likeness (QED) is 0.580. The Morgan fingerprint density at radius 1 is 1.60 bits per heavy atom. The van der Waals surface area contributed by atoms with E-state index in [0.717, 1.165) is 7.11 Å². The number of pyridine rings is 1. The number of aromatic nitrogens is 1. The van der Waals surface area contributed by atoms with Gasteiger partial charge in [-0.15, -0.1) is 0 Å². The van der Waals surface area contributed by atoms with Gasteiger partial charge in [0.2, 0.25) is 0 Å². The zero-order chi connectivity index (χ0) is 11.6. The maximum atomic E-state index is 13.2. The molecule has 5 nitrogen and oxygen atoms in total. The maximum Gasteiger partial charge on any atom is 0.375 e. The summed E-state index contributed by atoms with van der Waals surface area (Å²) in [7, 11) is 1.04. The summed E-state index contributed by atoms with van der Waals surface area (Å²) in [5.74, 6) is -3.23. The number of methoxy groups -OCH3 is 1. The number of nitro groups is 1. The molecule has 1 aromatic rings. The molecule has 0 fully saturated rings. The van der Waals surface area contributed by atoms with Gasteiger partial charge in [-0.2, -0.15) is 0 Å². The van der Waals surface area contributed by atoms with Crippen LogP contribution in [0.4, 0.5) is 19.0 Å². The first kappa shape index (κ1) is 11.2. The molecule has 0 spiro atoms. The van der Waals surface area contributed by atoms with Crippen molar-refractivity contribution >= 4 is 5.82 Å². The van der Waals surface area contributed by atoms with E-state index in [2.05, 4.69) is 9.72 Å². The molecule has 0 amide bonds. The molecule has 0 unspecified atom stereocenters. The SMILES string of the molecule is COc1cnc([N+](=O)[O-])c(C(F)F)c1F. The molecule has 8 heteroatoms. The van der Waals surface area contributed by atoms with Gasteiger partial charge in [0.25, 0.3) is 6.43 Å². The van der Waals surface area contributed by atoms with Crippen molar-refractivity contribution in [1.29, 1.82) is 0 Å². The summed E-state index contributed by atoms with van der Waals surface area (Å²) < 4.78 is 42.2. The van der Waals surface area contributed by atoms with Crippen molar-refractivity contribution in [2.45, 2.75) is 6.43 Å². The summed E-state index contributed by atoms with van der Waals surface area (Å²) in [6, 6.07) is 0. The minimum absolute atomic E-state index is 0.559. The first-order valence-corrected chi connectivity index (χ1v) is 3.64. The van der Waals surface area contributed by atoms with Gasteiger partial charge in [-0.05, 0) is 9.91 Å². The van der Waals surface area contributed by atoms with Crippen molar-refractivity contribution in [1.82, 2.24) is 4.98 Å². The Balaban J connectivity index is 3.44. The van der Waals surface area contributed by atoms with Crippen molar-refractivity contribution in [3.8, 4) is 5.75 Å². The van der Waals surface area contributed by atoms with Gasteiger partial charge >= 0.3 is 5.82 Å². The Labute approximate surface area is 81.6 Å². The van der Waals surface area contributed by atoms with Gasteiger partial charge in [-0.25, -0.2) is 13.2 Å². The third-order valence-corrected chi connectivity index (χ3v) is 1.61. The van der Waals surface area contributed by atoms with E-state index in [4.69, 9.17) is 0 Å². The van der Waals surface area contributed by atoms with Crippen molar-refractivity contribution in [3.05, 3.63) is 27.7 Å². The highest BCUT2D eigenvalue weighted by Gasteiger charge is 2.30. The predicted octanol–water partition coefficient (Wildman–Crippen LogP) is 2.08. The van der Waals surface area contributed by atoms with Gasteiger partial charge in [0.15, 0.2) is 23.3 Å². The number of ether oxygens (including phenoxy) is 1. The predicted molar refractivity (Wildman–Crippen MR) is 42.4 cm³/mol. The fourth-order valence-electron chi connectivity index (χ4n) is 0.958. The Kier molecular flexibility index (Phi) is 3.08. The van der Waals surface area contributed by atoms with Crippen molar-refractivity contribution in [3.63, 3.8) is 0 Å². The van der Waals surface area contributed by atoms with E-state index in [1.807, 2.05) is 0 Å². The molecule has 0 saturated carbocycles. The van der Waals surface area contributed by atoms with Gasteiger partial charge in [-0.1, -0.05) is 0 Å². The first-order chi connectivity index (χ1) is 6.99. The number of alkyl halides is 2. The molecule has 15 heavy (non-hydrogen) atoms. The summed E-state index contributed by atoms with van der Waals surface area (Å²) in [5.41, 5.74) is -1.36. The summed E-state index contributed by atoms with van der Waals surface area (Å²) >= 11 is 0. The van der Waals surface area contributed by atoms with Gasteiger partial charge in [0.05, 0.1) is 7.11 Å². The number of nitrogens with zero attached hydrogens (tertiary/aromatic N) is 2. The smallest absolute Gasteiger partial charge is 0.375 e. The lowest BCUT2D eigenvalue weighted by Gasteiger charge is -2.05. The molecule has 82 valence electrons. The number of halogens is 3. The van der Waals surface area contributed by atoms with Crippen LogP contribution in [-0.4, -0.2) is 17.0 Å². The van der Waals surface area contributed by atoms with E-state index < -0.39 is 34.3 Å². The molecule has 1 rings (SSSR count). The van der Waals surface area contributed by atoms with Crippen molar-refractivity contribution in [2.24, 2.45) is 0 Å². The number of rotatable bonds is 3. The Hall–Kier alpha value is -1.86. The second-order valence-electron chi connectivity index (χ2n) is 2.44. The second kappa shape index (κ2) is 4.11. The third-order valence-electron chi connectivity index (χ3n) is 1.61. The first-order valence-electron chi connectivity index (χ1n) is 3.64. The normalized spacial score (nSPS) is 10.5. The highest BCUT2D eigenvalue weighted by Crippen LogP contribution is 2.33. The van der Waals surface area contributed by atoms with Crippen molar-refractivity contribution in [2.75, 3.05) is 7.11 Å². The lowest BCUT2D eigenvalue weighted by Crippen LogP contribution is -2.04. The Morgan fingerprint density at radius 3 is 2.60 bits per heavy atom.